The van der Waals surface area contributed by atoms with Gasteiger partial charge in [-0.3, -0.25) is 0 Å². The van der Waals surface area contributed by atoms with Crippen LogP contribution in [-0.2, 0) is 6.54 Å². The van der Waals surface area contributed by atoms with Gasteiger partial charge in [0.15, 0.2) is 0 Å². The molecule has 2 aromatic rings. The van der Waals surface area contributed by atoms with Crippen molar-refractivity contribution in [3.8, 4) is 0 Å². The molecule has 0 unspecified atom stereocenters. The zero-order valence-electron chi connectivity index (χ0n) is 9.55. The van der Waals surface area contributed by atoms with Gasteiger partial charge in [0, 0.05) is 24.6 Å². The van der Waals surface area contributed by atoms with E-state index in [0.717, 1.165) is 17.9 Å². The van der Waals surface area contributed by atoms with Crippen LogP contribution in [0.25, 0.3) is 0 Å². The molecule has 0 aliphatic heterocycles. The fraction of sp³-hybridized carbons (Fsp3) is 0.167. The molecule has 1 aromatic carbocycles. The van der Waals surface area contributed by atoms with E-state index in [4.69, 9.17) is 5.73 Å². The molecule has 17 heavy (non-hydrogen) atoms. The van der Waals surface area contributed by atoms with Crippen LogP contribution in [0.2, 0.25) is 0 Å². The highest BCUT2D eigenvalue weighted by Crippen LogP contribution is 2.11. The lowest BCUT2D eigenvalue weighted by atomic mass is 10.2. The van der Waals surface area contributed by atoms with Crippen molar-refractivity contribution in [2.75, 3.05) is 5.32 Å². The average Bonchev–Trinajstić information content (AvgIpc) is 2.67. The van der Waals surface area contributed by atoms with Gasteiger partial charge in [0.25, 0.3) is 0 Å². The molecule has 88 valence electrons. The molecular formula is C12H14N4O. The number of carbonyl (C=O) groups is 1. The molecule has 2 amide bonds. The number of imidazole rings is 1. The number of aromatic nitrogens is 2. The van der Waals surface area contributed by atoms with E-state index < -0.39 is 6.03 Å². The molecule has 2 rings (SSSR count). The second kappa shape index (κ2) is 4.69. The highest BCUT2D eigenvalue weighted by Gasteiger charge is 2.00. The van der Waals surface area contributed by atoms with Crippen molar-refractivity contribution < 1.29 is 4.79 Å². The molecule has 0 bridgehead atoms. The highest BCUT2D eigenvalue weighted by molar-refractivity contribution is 5.87. The highest BCUT2D eigenvalue weighted by atomic mass is 16.2. The standard InChI is InChI=1S/C12H14N4O/c1-9-14-6-7-16(9)8-10-2-4-11(5-3-10)15-12(13)17/h2-7H,8H2,1H3,(H3,13,15,17). The molecule has 0 aliphatic rings. The normalized spacial score (nSPS) is 10.2. The van der Waals surface area contributed by atoms with E-state index in [2.05, 4.69) is 14.9 Å². The third kappa shape index (κ3) is 2.84. The van der Waals surface area contributed by atoms with E-state index in [1.54, 1.807) is 6.20 Å². The van der Waals surface area contributed by atoms with E-state index in [1.807, 2.05) is 37.4 Å². The number of benzene rings is 1. The number of nitrogens with two attached hydrogens (primary N) is 1. The Bertz CT molecular complexity index is 516. The third-order valence-corrected chi connectivity index (χ3v) is 2.50. The van der Waals surface area contributed by atoms with E-state index in [1.165, 1.54) is 0 Å². The van der Waals surface area contributed by atoms with E-state index in [0.29, 0.717) is 5.69 Å². The summed E-state index contributed by atoms with van der Waals surface area (Å²) in [5, 5.41) is 2.52. The van der Waals surface area contributed by atoms with Gasteiger partial charge >= 0.3 is 6.03 Å². The van der Waals surface area contributed by atoms with Gasteiger partial charge in [-0.2, -0.15) is 0 Å². The lowest BCUT2D eigenvalue weighted by molar-refractivity contribution is 0.259. The van der Waals surface area contributed by atoms with Gasteiger partial charge in [0.1, 0.15) is 5.82 Å². The first kappa shape index (κ1) is 11.2. The summed E-state index contributed by atoms with van der Waals surface area (Å²) in [6.45, 7) is 2.73. The summed E-state index contributed by atoms with van der Waals surface area (Å²) in [5.74, 6) is 0.976. The molecule has 1 heterocycles. The van der Waals surface area contributed by atoms with Gasteiger partial charge in [-0.25, -0.2) is 9.78 Å². The number of rotatable bonds is 3. The molecule has 0 radical (unpaired) electrons. The van der Waals surface area contributed by atoms with Crippen molar-refractivity contribution in [1.82, 2.24) is 9.55 Å². The molecule has 5 heteroatoms. The number of hydrogen-bond acceptors (Lipinski definition) is 2. The minimum absolute atomic E-state index is 0.553. The van der Waals surface area contributed by atoms with E-state index in [-0.39, 0.29) is 0 Å². The largest absolute Gasteiger partial charge is 0.351 e. The Balaban J connectivity index is 2.08. The van der Waals surface area contributed by atoms with Crippen LogP contribution in [0.1, 0.15) is 11.4 Å². The fourth-order valence-corrected chi connectivity index (χ4v) is 1.60. The third-order valence-electron chi connectivity index (χ3n) is 2.50. The van der Waals surface area contributed by atoms with Crippen LogP contribution in [0.3, 0.4) is 0 Å². The van der Waals surface area contributed by atoms with Crippen molar-refractivity contribution in [3.05, 3.63) is 48.0 Å². The second-order valence-corrected chi connectivity index (χ2v) is 3.79. The smallest absolute Gasteiger partial charge is 0.316 e. The Labute approximate surface area is 99.3 Å². The first-order chi connectivity index (χ1) is 8.15. The quantitative estimate of drug-likeness (QED) is 0.842. The van der Waals surface area contributed by atoms with Crippen LogP contribution in [-0.4, -0.2) is 15.6 Å². The second-order valence-electron chi connectivity index (χ2n) is 3.79. The topological polar surface area (TPSA) is 72.9 Å². The fourth-order valence-electron chi connectivity index (χ4n) is 1.60. The molecule has 1 aromatic heterocycles. The van der Waals surface area contributed by atoms with Crippen molar-refractivity contribution in [2.45, 2.75) is 13.5 Å². The molecule has 3 N–H and O–H groups in total. The SMILES string of the molecule is Cc1nccn1Cc1ccc(NC(N)=O)cc1. The zero-order chi connectivity index (χ0) is 12.3. The van der Waals surface area contributed by atoms with Crippen LogP contribution >= 0.6 is 0 Å². The summed E-state index contributed by atoms with van der Waals surface area (Å²) in [5.41, 5.74) is 6.87. The molecule has 5 nitrogen and oxygen atoms in total. The van der Waals surface area contributed by atoms with Gasteiger partial charge < -0.3 is 15.6 Å². The Hall–Kier alpha value is -2.30. The van der Waals surface area contributed by atoms with Crippen molar-refractivity contribution in [2.24, 2.45) is 5.73 Å². The number of amides is 2. The van der Waals surface area contributed by atoms with Crippen molar-refractivity contribution in [1.29, 1.82) is 0 Å². The van der Waals surface area contributed by atoms with Crippen LogP contribution in [0.5, 0.6) is 0 Å². The maximum Gasteiger partial charge on any atom is 0.316 e. The number of hydrogen-bond donors (Lipinski definition) is 2. The molecule has 0 saturated heterocycles. The predicted molar refractivity (Wildman–Crippen MR) is 65.7 cm³/mol. The zero-order valence-corrected chi connectivity index (χ0v) is 9.55. The summed E-state index contributed by atoms with van der Waals surface area (Å²) in [4.78, 5) is 14.8. The van der Waals surface area contributed by atoms with E-state index in [9.17, 15) is 4.79 Å². The van der Waals surface area contributed by atoms with Gasteiger partial charge in [-0.05, 0) is 24.6 Å². The van der Waals surface area contributed by atoms with Crippen LogP contribution in [0.15, 0.2) is 36.7 Å². The minimum atomic E-state index is -0.553. The Morgan fingerprint density at radius 3 is 2.65 bits per heavy atom. The molecule has 0 spiro atoms. The summed E-state index contributed by atoms with van der Waals surface area (Å²) in [6.07, 6.45) is 3.71. The Kier molecular flexibility index (Phi) is 3.09. The number of anilines is 1. The number of nitrogens with zero attached hydrogens (tertiary/aromatic N) is 2. The van der Waals surface area contributed by atoms with Gasteiger partial charge in [-0.15, -0.1) is 0 Å². The monoisotopic (exact) mass is 230 g/mol. The summed E-state index contributed by atoms with van der Waals surface area (Å²) in [6, 6.07) is 7.00. The molecule has 0 aliphatic carbocycles. The summed E-state index contributed by atoms with van der Waals surface area (Å²) in [7, 11) is 0. The van der Waals surface area contributed by atoms with Crippen molar-refractivity contribution >= 4 is 11.7 Å². The molecule has 0 saturated carbocycles. The van der Waals surface area contributed by atoms with E-state index >= 15 is 0 Å². The average molecular weight is 230 g/mol. The Morgan fingerprint density at radius 2 is 2.12 bits per heavy atom. The number of nitrogens with one attached hydrogen (secondary N) is 1. The predicted octanol–water partition coefficient (Wildman–Crippen LogP) is 1.73. The lowest BCUT2D eigenvalue weighted by Crippen LogP contribution is -2.19. The lowest BCUT2D eigenvalue weighted by Gasteiger charge is -2.06. The van der Waals surface area contributed by atoms with Crippen LogP contribution < -0.4 is 11.1 Å². The summed E-state index contributed by atoms with van der Waals surface area (Å²) < 4.78 is 2.05. The molecular weight excluding hydrogens is 216 g/mol. The summed E-state index contributed by atoms with van der Waals surface area (Å²) >= 11 is 0. The van der Waals surface area contributed by atoms with Crippen molar-refractivity contribution in [3.63, 3.8) is 0 Å². The number of aryl methyl sites for hydroxylation is 1. The van der Waals surface area contributed by atoms with Gasteiger partial charge in [-0.1, -0.05) is 12.1 Å². The number of primary amides is 1. The number of urea groups is 1. The first-order valence-corrected chi connectivity index (χ1v) is 5.28. The van der Waals surface area contributed by atoms with Crippen LogP contribution in [0.4, 0.5) is 10.5 Å². The first-order valence-electron chi connectivity index (χ1n) is 5.28. The Morgan fingerprint density at radius 1 is 1.41 bits per heavy atom. The van der Waals surface area contributed by atoms with Gasteiger partial charge in [0.2, 0.25) is 0 Å². The maximum atomic E-state index is 10.7. The maximum absolute atomic E-state index is 10.7. The molecule has 0 fully saturated rings. The minimum Gasteiger partial charge on any atom is -0.351 e. The number of carbonyl (C=O) groups excluding carboxylic acids is 1. The molecule has 0 atom stereocenters. The van der Waals surface area contributed by atoms with Gasteiger partial charge in [0.05, 0.1) is 0 Å². The van der Waals surface area contributed by atoms with Crippen LogP contribution in [0, 0.1) is 6.92 Å².